The second-order valence-corrected chi connectivity index (χ2v) is 15.2. The minimum atomic E-state index is -0.0178. The Kier molecular flexibility index (Phi) is 6.45. The molecule has 0 saturated carbocycles. The van der Waals surface area contributed by atoms with Crippen LogP contribution in [0.3, 0.4) is 0 Å². The zero-order valence-electron chi connectivity index (χ0n) is 26.8. The maximum atomic E-state index is 2.53. The Morgan fingerprint density at radius 3 is 2.18 bits per heavy atom. The van der Waals surface area contributed by atoms with Crippen molar-refractivity contribution < 1.29 is 0 Å². The van der Waals surface area contributed by atoms with Crippen molar-refractivity contribution in [3.05, 3.63) is 150 Å². The largest absolute Gasteiger partial charge is 0.309 e. The number of nitrogens with zero attached hydrogens (tertiary/aromatic N) is 1. The van der Waals surface area contributed by atoms with Crippen molar-refractivity contribution in [1.82, 2.24) is 0 Å². The molecule has 2 heteroatoms. The van der Waals surface area contributed by atoms with Crippen molar-refractivity contribution in [2.75, 3.05) is 4.90 Å². The lowest BCUT2D eigenvalue weighted by Gasteiger charge is -2.31. The highest BCUT2D eigenvalue weighted by Crippen LogP contribution is 2.58. The summed E-state index contributed by atoms with van der Waals surface area (Å²) in [6, 6.07) is 42.6. The fraction of sp³-hybridized carbons (Fsp3) is 0.209. The minimum Gasteiger partial charge on any atom is -0.309 e. The first-order chi connectivity index (χ1) is 21.7. The predicted octanol–water partition coefficient (Wildman–Crippen LogP) is 12.9. The van der Waals surface area contributed by atoms with Gasteiger partial charge in [-0.1, -0.05) is 131 Å². The van der Waals surface area contributed by atoms with Crippen molar-refractivity contribution in [1.29, 1.82) is 0 Å². The third kappa shape index (κ3) is 4.42. The van der Waals surface area contributed by atoms with Crippen molar-refractivity contribution >= 4 is 48.6 Å². The molecule has 1 heterocycles. The maximum absolute atomic E-state index is 2.53. The Hall–Kier alpha value is -4.40. The lowest BCUT2D eigenvalue weighted by molar-refractivity contribution is 0.502. The average molecular weight is 602 g/mol. The molecule has 222 valence electrons. The number of rotatable bonds is 4. The monoisotopic (exact) mass is 601 g/mol. The van der Waals surface area contributed by atoms with Crippen molar-refractivity contribution in [2.24, 2.45) is 5.41 Å². The molecule has 1 aromatic heterocycles. The summed E-state index contributed by atoms with van der Waals surface area (Å²) in [7, 11) is 0. The molecule has 2 aliphatic rings. The number of benzene rings is 5. The number of anilines is 3. The van der Waals surface area contributed by atoms with E-state index in [1.165, 1.54) is 59.4 Å². The first-order valence-electron chi connectivity index (χ1n) is 16.1. The number of fused-ring (bicyclic) bond motifs is 6. The first-order valence-corrected chi connectivity index (χ1v) is 17.0. The topological polar surface area (TPSA) is 3.24 Å². The van der Waals surface area contributed by atoms with Gasteiger partial charge < -0.3 is 4.90 Å². The van der Waals surface area contributed by atoms with E-state index in [4.69, 9.17) is 0 Å². The molecule has 0 amide bonds. The Morgan fingerprint density at radius 1 is 0.689 bits per heavy atom. The molecule has 0 aliphatic heterocycles. The number of para-hydroxylation sites is 2. The summed E-state index contributed by atoms with van der Waals surface area (Å²) in [6.07, 6.45) is 6.08. The molecule has 1 unspecified atom stereocenters. The Morgan fingerprint density at radius 2 is 1.36 bits per heavy atom. The van der Waals surface area contributed by atoms with Crippen LogP contribution in [0.4, 0.5) is 17.1 Å². The van der Waals surface area contributed by atoms with Crippen LogP contribution in [0.15, 0.2) is 139 Å². The molecule has 1 atom stereocenters. The van der Waals surface area contributed by atoms with E-state index in [1.807, 2.05) is 11.3 Å². The zero-order chi connectivity index (χ0) is 30.9. The fourth-order valence-corrected chi connectivity index (χ4v) is 8.94. The molecule has 0 saturated heterocycles. The van der Waals surface area contributed by atoms with E-state index in [1.54, 1.807) is 5.57 Å². The third-order valence-corrected chi connectivity index (χ3v) is 11.2. The molecule has 1 nitrogen and oxygen atoms in total. The Balaban J connectivity index is 1.37. The molecule has 0 fully saturated rings. The molecule has 0 bridgehead atoms. The highest BCUT2D eigenvalue weighted by Gasteiger charge is 2.44. The second-order valence-electron chi connectivity index (χ2n) is 14.1. The van der Waals surface area contributed by atoms with Gasteiger partial charge in [0.05, 0.1) is 11.4 Å². The molecule has 45 heavy (non-hydrogen) atoms. The van der Waals surface area contributed by atoms with Gasteiger partial charge in [0.1, 0.15) is 0 Å². The summed E-state index contributed by atoms with van der Waals surface area (Å²) in [5.41, 5.74) is 12.3. The minimum absolute atomic E-state index is 0.0178. The van der Waals surface area contributed by atoms with Gasteiger partial charge in [0.25, 0.3) is 0 Å². The normalized spacial score (nSPS) is 17.1. The summed E-state index contributed by atoms with van der Waals surface area (Å²) in [6.45, 7) is 11.9. The smallest absolute Gasteiger partial charge is 0.0555 e. The molecule has 6 aromatic rings. The van der Waals surface area contributed by atoms with E-state index in [0.717, 1.165) is 12.1 Å². The molecule has 8 rings (SSSR count). The number of hydrogen-bond donors (Lipinski definition) is 0. The highest BCUT2D eigenvalue weighted by molar-refractivity contribution is 7.26. The van der Waals surface area contributed by atoms with E-state index in [2.05, 4.69) is 167 Å². The van der Waals surface area contributed by atoms with Crippen LogP contribution >= 0.6 is 11.3 Å². The Bertz CT molecular complexity index is 2150. The number of allylic oxidation sites excluding steroid dienone is 4. The lowest BCUT2D eigenvalue weighted by atomic mass is 9.73. The molecule has 0 N–H and O–H groups in total. The van der Waals surface area contributed by atoms with Crippen LogP contribution in [-0.4, -0.2) is 0 Å². The highest BCUT2D eigenvalue weighted by atomic mass is 32.1. The summed E-state index contributed by atoms with van der Waals surface area (Å²) in [4.78, 5) is 2.49. The van der Waals surface area contributed by atoms with Crippen LogP contribution < -0.4 is 4.90 Å². The lowest BCUT2D eigenvalue weighted by Crippen LogP contribution is -2.20. The van der Waals surface area contributed by atoms with Gasteiger partial charge in [-0.2, -0.15) is 0 Å². The van der Waals surface area contributed by atoms with Crippen LogP contribution in [0.25, 0.3) is 31.3 Å². The number of hydrogen-bond acceptors (Lipinski definition) is 2. The quantitative estimate of drug-likeness (QED) is 0.194. The molecule has 5 aromatic carbocycles. The van der Waals surface area contributed by atoms with Crippen molar-refractivity contribution in [3.63, 3.8) is 0 Å². The molecule has 2 aliphatic carbocycles. The molecular formula is C43H39NS. The first kappa shape index (κ1) is 28.1. The Labute approximate surface area is 271 Å². The molecular weight excluding hydrogens is 563 g/mol. The summed E-state index contributed by atoms with van der Waals surface area (Å²) in [5, 5.41) is 2.63. The van der Waals surface area contributed by atoms with Gasteiger partial charge in [-0.25, -0.2) is 0 Å². The van der Waals surface area contributed by atoms with Gasteiger partial charge in [-0.15, -0.1) is 11.3 Å². The van der Waals surface area contributed by atoms with Gasteiger partial charge in [0, 0.05) is 42.8 Å². The van der Waals surface area contributed by atoms with E-state index < -0.39 is 0 Å². The van der Waals surface area contributed by atoms with Gasteiger partial charge in [0.2, 0.25) is 0 Å². The molecule has 0 spiro atoms. The van der Waals surface area contributed by atoms with E-state index in [0.29, 0.717) is 5.92 Å². The van der Waals surface area contributed by atoms with Gasteiger partial charge in [-0.05, 0) is 70.5 Å². The van der Waals surface area contributed by atoms with Gasteiger partial charge in [-0.3, -0.25) is 0 Å². The average Bonchev–Trinajstić information content (AvgIpc) is 3.54. The SMILES string of the molecule is CC(C)(C)C1=CCC2C(=C1)C(C)(C)c1cccc(-c3ccccc3N(c3ccccc3)c3cccc4sc5ccccc5c34)c12. The standard InChI is InChI=1S/C43H39NS/c1-42(2,3)28-25-26-32-35(27-28)43(4,5)34-20-13-19-31(40(32)34)30-17-9-11-21-36(30)44(29-15-7-6-8-16-29)37-22-14-24-39-41(37)33-18-10-12-23-38(33)45-39/h6-25,27,32H,26H2,1-5H3. The van der Waals surface area contributed by atoms with E-state index in [9.17, 15) is 0 Å². The summed E-state index contributed by atoms with van der Waals surface area (Å²) < 4.78 is 2.64. The third-order valence-electron chi connectivity index (χ3n) is 10.0. The van der Waals surface area contributed by atoms with Crippen LogP contribution in [0.5, 0.6) is 0 Å². The van der Waals surface area contributed by atoms with Gasteiger partial charge >= 0.3 is 0 Å². The van der Waals surface area contributed by atoms with Crippen LogP contribution in [0.2, 0.25) is 0 Å². The van der Waals surface area contributed by atoms with E-state index in [-0.39, 0.29) is 10.8 Å². The predicted molar refractivity (Wildman–Crippen MR) is 195 cm³/mol. The van der Waals surface area contributed by atoms with Gasteiger partial charge in [0.15, 0.2) is 0 Å². The van der Waals surface area contributed by atoms with Crippen LogP contribution in [0, 0.1) is 5.41 Å². The van der Waals surface area contributed by atoms with Crippen molar-refractivity contribution in [3.8, 4) is 11.1 Å². The number of thiophene rings is 1. The van der Waals surface area contributed by atoms with Crippen LogP contribution in [0.1, 0.15) is 58.1 Å². The fourth-order valence-electron chi connectivity index (χ4n) is 7.81. The second kappa shape index (κ2) is 10.3. The van der Waals surface area contributed by atoms with E-state index >= 15 is 0 Å². The maximum Gasteiger partial charge on any atom is 0.0555 e. The van der Waals surface area contributed by atoms with Crippen molar-refractivity contribution in [2.45, 2.75) is 52.4 Å². The molecule has 0 radical (unpaired) electrons. The van der Waals surface area contributed by atoms with Crippen LogP contribution in [-0.2, 0) is 5.41 Å². The summed E-state index contributed by atoms with van der Waals surface area (Å²) >= 11 is 1.88. The summed E-state index contributed by atoms with van der Waals surface area (Å²) in [5.74, 6) is 0.389. The zero-order valence-corrected chi connectivity index (χ0v) is 27.6.